The van der Waals surface area contributed by atoms with E-state index in [0.717, 1.165) is 6.42 Å². The highest BCUT2D eigenvalue weighted by Gasteiger charge is 2.29. The monoisotopic (exact) mass is 285 g/mol. The molecule has 19 heavy (non-hydrogen) atoms. The van der Waals surface area contributed by atoms with Crippen LogP contribution in [0.3, 0.4) is 0 Å². The summed E-state index contributed by atoms with van der Waals surface area (Å²) in [6.07, 6.45) is 0.788. The van der Waals surface area contributed by atoms with Gasteiger partial charge in [0, 0.05) is 18.8 Å². The number of morpholine rings is 1. The van der Waals surface area contributed by atoms with Gasteiger partial charge in [-0.2, -0.15) is 4.31 Å². The summed E-state index contributed by atoms with van der Waals surface area (Å²) >= 11 is 0. The zero-order valence-corrected chi connectivity index (χ0v) is 11.7. The lowest BCUT2D eigenvalue weighted by Crippen LogP contribution is -2.45. The molecule has 0 radical (unpaired) electrons. The predicted octanol–water partition coefficient (Wildman–Crippen LogP) is 0.772. The van der Waals surface area contributed by atoms with Gasteiger partial charge >= 0.3 is 0 Å². The minimum absolute atomic E-state index is 0.0199. The topological polar surface area (TPSA) is 84.7 Å². The lowest BCUT2D eigenvalue weighted by Gasteiger charge is -2.31. The molecule has 0 amide bonds. The van der Waals surface area contributed by atoms with E-state index in [-0.39, 0.29) is 11.0 Å². The van der Waals surface area contributed by atoms with Crippen molar-refractivity contribution in [2.45, 2.75) is 24.3 Å². The number of nitrogens with one attached hydrogen (secondary N) is 1. The first-order chi connectivity index (χ1) is 9.07. The Morgan fingerprint density at radius 3 is 2.68 bits per heavy atom. The number of anilines is 1. The van der Waals surface area contributed by atoms with Gasteiger partial charge in [-0.3, -0.25) is 5.84 Å². The van der Waals surface area contributed by atoms with Gasteiger partial charge in [0.15, 0.2) is 0 Å². The molecule has 106 valence electrons. The molecule has 0 bridgehead atoms. The van der Waals surface area contributed by atoms with Crippen LogP contribution in [-0.4, -0.2) is 38.5 Å². The summed E-state index contributed by atoms with van der Waals surface area (Å²) in [4.78, 5) is 0.281. The molecular formula is C12H19N3O3S. The molecule has 0 aliphatic carbocycles. The van der Waals surface area contributed by atoms with E-state index >= 15 is 0 Å². The zero-order chi connectivity index (χ0) is 13.9. The largest absolute Gasteiger partial charge is 0.375 e. The van der Waals surface area contributed by atoms with Gasteiger partial charge in [0.05, 0.1) is 17.6 Å². The van der Waals surface area contributed by atoms with Crippen molar-refractivity contribution in [3.8, 4) is 0 Å². The Morgan fingerprint density at radius 2 is 2.11 bits per heavy atom. The van der Waals surface area contributed by atoms with Gasteiger partial charge < -0.3 is 10.2 Å². The summed E-state index contributed by atoms with van der Waals surface area (Å²) < 4.78 is 31.9. The standard InChI is InChI=1S/C12H19N3O3S/c1-2-11-9-15(7-8-18-11)19(16,17)12-5-3-10(14-13)4-6-12/h3-6,11,14H,2,7-9,13H2,1H3. The van der Waals surface area contributed by atoms with Crippen LogP contribution < -0.4 is 11.3 Å². The van der Waals surface area contributed by atoms with Gasteiger partial charge in [-0.25, -0.2) is 8.42 Å². The molecule has 3 N–H and O–H groups in total. The number of hydrogen-bond acceptors (Lipinski definition) is 5. The SMILES string of the molecule is CCC1CN(S(=O)(=O)c2ccc(NN)cc2)CCO1. The van der Waals surface area contributed by atoms with Crippen LogP contribution in [0, 0.1) is 0 Å². The highest BCUT2D eigenvalue weighted by Crippen LogP contribution is 2.21. The second-order valence-corrected chi connectivity index (χ2v) is 6.37. The van der Waals surface area contributed by atoms with Gasteiger partial charge in [-0.15, -0.1) is 0 Å². The summed E-state index contributed by atoms with van der Waals surface area (Å²) in [6.45, 7) is 3.24. The van der Waals surface area contributed by atoms with Crippen LogP contribution in [0.2, 0.25) is 0 Å². The van der Waals surface area contributed by atoms with Crippen molar-refractivity contribution in [2.24, 2.45) is 5.84 Å². The molecule has 7 heteroatoms. The molecule has 1 heterocycles. The molecule has 1 fully saturated rings. The van der Waals surface area contributed by atoms with Crippen molar-refractivity contribution in [3.63, 3.8) is 0 Å². The summed E-state index contributed by atoms with van der Waals surface area (Å²) in [6, 6.07) is 6.40. The molecule has 1 aliphatic rings. The van der Waals surface area contributed by atoms with Crippen LogP contribution in [0.15, 0.2) is 29.2 Å². The average Bonchev–Trinajstić information content (AvgIpc) is 2.47. The Kier molecular flexibility index (Phi) is 4.41. The maximum absolute atomic E-state index is 12.5. The number of nitrogens with two attached hydrogens (primary N) is 1. The van der Waals surface area contributed by atoms with E-state index in [0.29, 0.717) is 25.4 Å². The summed E-state index contributed by atoms with van der Waals surface area (Å²) in [5.41, 5.74) is 3.15. The summed E-state index contributed by atoms with van der Waals surface area (Å²) in [7, 11) is -3.45. The van der Waals surface area contributed by atoms with Crippen molar-refractivity contribution >= 4 is 15.7 Å². The number of hydrazine groups is 1. The predicted molar refractivity (Wildman–Crippen MR) is 73.0 cm³/mol. The van der Waals surface area contributed by atoms with Crippen molar-refractivity contribution in [2.75, 3.05) is 25.1 Å². The van der Waals surface area contributed by atoms with Crippen LogP contribution in [0.1, 0.15) is 13.3 Å². The number of ether oxygens (including phenoxy) is 1. The van der Waals surface area contributed by atoms with Gasteiger partial charge in [0.2, 0.25) is 10.0 Å². The second kappa shape index (κ2) is 5.87. The molecule has 1 aliphatic heterocycles. The van der Waals surface area contributed by atoms with Gasteiger partial charge in [-0.05, 0) is 30.7 Å². The van der Waals surface area contributed by atoms with Crippen LogP contribution in [0.25, 0.3) is 0 Å². The van der Waals surface area contributed by atoms with E-state index in [9.17, 15) is 8.42 Å². The number of nitrogen functional groups attached to an aromatic ring is 1. The molecule has 1 saturated heterocycles. The number of rotatable bonds is 4. The zero-order valence-electron chi connectivity index (χ0n) is 10.9. The number of nitrogens with zero attached hydrogens (tertiary/aromatic N) is 1. The molecule has 1 atom stereocenters. The highest BCUT2D eigenvalue weighted by atomic mass is 32.2. The maximum atomic E-state index is 12.5. The van der Waals surface area contributed by atoms with E-state index in [1.807, 2.05) is 6.92 Å². The normalized spacial score (nSPS) is 21.3. The Balaban J connectivity index is 2.20. The van der Waals surface area contributed by atoms with Crippen molar-refractivity contribution < 1.29 is 13.2 Å². The van der Waals surface area contributed by atoms with Crippen LogP contribution in [0.4, 0.5) is 5.69 Å². The second-order valence-electron chi connectivity index (χ2n) is 4.43. The van der Waals surface area contributed by atoms with E-state index in [1.165, 1.54) is 4.31 Å². The fourth-order valence-electron chi connectivity index (χ4n) is 2.03. The molecule has 1 aromatic carbocycles. The first kappa shape index (κ1) is 14.3. The van der Waals surface area contributed by atoms with Crippen molar-refractivity contribution in [3.05, 3.63) is 24.3 Å². The molecule has 0 aromatic heterocycles. The fourth-order valence-corrected chi connectivity index (χ4v) is 3.49. The third-order valence-electron chi connectivity index (χ3n) is 3.22. The smallest absolute Gasteiger partial charge is 0.243 e. The quantitative estimate of drug-likeness (QED) is 0.630. The lowest BCUT2D eigenvalue weighted by molar-refractivity contribution is -0.00277. The molecule has 1 unspecified atom stereocenters. The number of hydrogen-bond donors (Lipinski definition) is 2. The van der Waals surface area contributed by atoms with Crippen LogP contribution in [0.5, 0.6) is 0 Å². The first-order valence-electron chi connectivity index (χ1n) is 6.26. The van der Waals surface area contributed by atoms with Gasteiger partial charge in [0.1, 0.15) is 0 Å². The fraction of sp³-hybridized carbons (Fsp3) is 0.500. The van der Waals surface area contributed by atoms with E-state index in [1.54, 1.807) is 24.3 Å². The Labute approximate surface area is 113 Å². The average molecular weight is 285 g/mol. The molecule has 6 nitrogen and oxygen atoms in total. The number of sulfonamides is 1. The van der Waals surface area contributed by atoms with Crippen LogP contribution in [-0.2, 0) is 14.8 Å². The molecule has 0 spiro atoms. The van der Waals surface area contributed by atoms with Crippen LogP contribution >= 0.6 is 0 Å². The molecular weight excluding hydrogens is 266 g/mol. The Hall–Kier alpha value is -1.15. The van der Waals surface area contributed by atoms with E-state index in [4.69, 9.17) is 10.6 Å². The lowest BCUT2D eigenvalue weighted by atomic mass is 10.2. The van der Waals surface area contributed by atoms with Crippen molar-refractivity contribution in [1.82, 2.24) is 4.31 Å². The third-order valence-corrected chi connectivity index (χ3v) is 5.09. The summed E-state index contributed by atoms with van der Waals surface area (Å²) in [5, 5.41) is 0. The Morgan fingerprint density at radius 1 is 1.42 bits per heavy atom. The highest BCUT2D eigenvalue weighted by molar-refractivity contribution is 7.89. The molecule has 2 rings (SSSR count). The van der Waals surface area contributed by atoms with E-state index in [2.05, 4.69) is 5.43 Å². The molecule has 0 saturated carbocycles. The maximum Gasteiger partial charge on any atom is 0.243 e. The Bertz CT molecular complexity index is 516. The van der Waals surface area contributed by atoms with Crippen molar-refractivity contribution in [1.29, 1.82) is 0 Å². The van der Waals surface area contributed by atoms with Gasteiger partial charge in [-0.1, -0.05) is 6.92 Å². The molecule has 1 aromatic rings. The number of benzene rings is 1. The minimum Gasteiger partial charge on any atom is -0.375 e. The first-order valence-corrected chi connectivity index (χ1v) is 7.70. The minimum atomic E-state index is -3.45. The van der Waals surface area contributed by atoms with Gasteiger partial charge in [0.25, 0.3) is 0 Å². The third kappa shape index (κ3) is 3.06. The summed E-state index contributed by atoms with van der Waals surface area (Å²) in [5.74, 6) is 5.26. The van der Waals surface area contributed by atoms with E-state index < -0.39 is 10.0 Å².